The third-order valence-corrected chi connectivity index (χ3v) is 6.52. The van der Waals surface area contributed by atoms with Crippen LogP contribution in [-0.4, -0.2) is 49.4 Å². The number of benzene rings is 1. The Hall–Kier alpha value is -3.28. The van der Waals surface area contributed by atoms with Crippen molar-refractivity contribution >= 4 is 27.6 Å². The summed E-state index contributed by atoms with van der Waals surface area (Å²) in [5, 5.41) is 12.8. The second-order valence-corrected chi connectivity index (χ2v) is 8.78. The molecule has 1 aliphatic rings. The average molecular weight is 442 g/mol. The average Bonchev–Trinajstić information content (AvgIpc) is 2.66. The Morgan fingerprint density at radius 2 is 2.13 bits per heavy atom. The number of anilines is 1. The molecule has 0 bridgehead atoms. The molecule has 0 saturated carbocycles. The Bertz CT molecular complexity index is 1240. The fourth-order valence-corrected chi connectivity index (χ4v) is 4.46. The number of hydrogen-bond acceptors (Lipinski definition) is 6. The van der Waals surface area contributed by atoms with Crippen LogP contribution in [0.15, 0.2) is 30.5 Å². The lowest BCUT2D eigenvalue weighted by Gasteiger charge is -2.40. The van der Waals surface area contributed by atoms with Crippen LogP contribution in [0.4, 0.5) is 14.5 Å². The highest BCUT2D eigenvalue weighted by Gasteiger charge is 2.43. The summed E-state index contributed by atoms with van der Waals surface area (Å²) in [5.74, 6) is -4.38. The molecule has 12 heteroatoms. The molecule has 1 aromatic carbocycles. The number of carbonyl (C=O) groups is 1. The molecule has 1 saturated heterocycles. The molecule has 0 aliphatic carbocycles. The number of carbonyl (C=O) groups excluding carboxylic acids is 1. The van der Waals surface area contributed by atoms with Gasteiger partial charge in [-0.3, -0.25) is 10.2 Å². The summed E-state index contributed by atoms with van der Waals surface area (Å²) in [7, 11) is -5.55. The molecule has 1 aliphatic heterocycles. The van der Waals surface area contributed by atoms with Crippen molar-refractivity contribution in [1.29, 1.82) is 5.41 Å². The van der Waals surface area contributed by atoms with Gasteiger partial charge in [-0.15, -0.1) is 0 Å². The van der Waals surface area contributed by atoms with E-state index in [2.05, 4.69) is 20.4 Å². The van der Waals surface area contributed by atoms with E-state index < -0.39 is 63.3 Å². The maximum absolute atomic E-state index is 14.6. The topological polar surface area (TPSA) is 124 Å². The summed E-state index contributed by atoms with van der Waals surface area (Å²) < 4.78 is 79.9. The molecule has 1 atom stereocenters. The fourth-order valence-electron chi connectivity index (χ4n) is 2.98. The number of sulfonamides is 1. The zero-order valence-corrected chi connectivity index (χ0v) is 16.6. The van der Waals surface area contributed by atoms with E-state index in [-0.39, 0.29) is 11.3 Å². The van der Waals surface area contributed by atoms with Gasteiger partial charge in [0.25, 0.3) is 5.91 Å². The highest BCUT2D eigenvalue weighted by molar-refractivity contribution is 7.89. The van der Waals surface area contributed by atoms with Crippen LogP contribution in [0.2, 0.25) is 0 Å². The van der Waals surface area contributed by atoms with E-state index in [1.807, 2.05) is 0 Å². The van der Waals surface area contributed by atoms with Crippen molar-refractivity contribution in [2.24, 2.45) is 0 Å². The van der Waals surface area contributed by atoms with Crippen LogP contribution in [-0.2, 0) is 15.6 Å². The lowest BCUT2D eigenvalue weighted by molar-refractivity contribution is 0.101. The number of ether oxygens (including phenoxy) is 1. The van der Waals surface area contributed by atoms with Gasteiger partial charge in [0.2, 0.25) is 16.0 Å². The van der Waals surface area contributed by atoms with Crippen LogP contribution in [0.1, 0.15) is 27.1 Å². The summed E-state index contributed by atoms with van der Waals surface area (Å²) in [4.78, 5) is 16.0. The Kier molecular flexibility index (Phi) is 4.40. The van der Waals surface area contributed by atoms with Crippen molar-refractivity contribution in [1.82, 2.24) is 14.6 Å². The maximum Gasteiger partial charge on any atom is 0.277 e. The Labute approximate surface area is 175 Å². The Morgan fingerprint density at radius 3 is 2.77 bits per heavy atom. The second-order valence-electron chi connectivity index (χ2n) is 6.78. The van der Waals surface area contributed by atoms with Crippen LogP contribution in [0.5, 0.6) is 5.75 Å². The number of rotatable bonds is 4. The standard InChI is InChI=1S/C18H19F2N5O4S/c1-18(9-30(27,28)25(2)17(21)24-18)12-6-10(4-5-13(12)19)23-16(26)15-14(20)7-11(29-3)8-22-15/h4-8H,9H2,1-3H3,(H2,21,24)(H,23,26)/t18-/m0/s1/i3D3. The van der Waals surface area contributed by atoms with Gasteiger partial charge in [0, 0.05) is 24.4 Å². The van der Waals surface area contributed by atoms with Gasteiger partial charge in [-0.2, -0.15) is 0 Å². The SMILES string of the molecule is [2H]C([2H])([2H])Oc1cnc(C(=O)Nc2ccc(F)c([C@]3(C)CS(=O)(=O)N(C)C(=N)N3)c2)c(F)c1. The van der Waals surface area contributed by atoms with Crippen LogP contribution in [0.25, 0.3) is 0 Å². The molecule has 1 amide bonds. The maximum atomic E-state index is 14.6. The molecule has 0 unspecified atom stereocenters. The molecule has 1 fully saturated rings. The van der Waals surface area contributed by atoms with E-state index >= 15 is 0 Å². The minimum Gasteiger partial charge on any atom is -0.495 e. The zero-order chi connectivity index (χ0) is 24.8. The molecule has 0 radical (unpaired) electrons. The second kappa shape index (κ2) is 7.52. The molecule has 1 aromatic heterocycles. The first-order valence-electron chi connectivity index (χ1n) is 9.91. The molecule has 3 rings (SSSR count). The summed E-state index contributed by atoms with van der Waals surface area (Å²) >= 11 is 0. The molecular weight excluding hydrogens is 420 g/mol. The molecule has 30 heavy (non-hydrogen) atoms. The van der Waals surface area contributed by atoms with Gasteiger partial charge in [0.05, 0.1) is 28.6 Å². The minimum absolute atomic E-state index is 0.00583. The third kappa shape index (κ3) is 3.90. The van der Waals surface area contributed by atoms with Gasteiger partial charge in [0.15, 0.2) is 11.5 Å². The molecule has 2 aromatic rings. The first-order valence-corrected chi connectivity index (χ1v) is 10.0. The molecule has 9 nitrogen and oxygen atoms in total. The number of amides is 1. The quantitative estimate of drug-likeness (QED) is 0.661. The van der Waals surface area contributed by atoms with Gasteiger partial charge in [-0.1, -0.05) is 0 Å². The van der Waals surface area contributed by atoms with E-state index in [0.717, 1.165) is 16.6 Å². The number of guanidine groups is 1. The third-order valence-electron chi connectivity index (χ3n) is 4.57. The largest absolute Gasteiger partial charge is 0.495 e. The van der Waals surface area contributed by atoms with Crippen LogP contribution < -0.4 is 15.4 Å². The van der Waals surface area contributed by atoms with E-state index in [1.54, 1.807) is 0 Å². The summed E-state index contributed by atoms with van der Waals surface area (Å²) in [6.07, 6.45) is 0.862. The number of aromatic nitrogens is 1. The molecule has 2 heterocycles. The Morgan fingerprint density at radius 1 is 1.40 bits per heavy atom. The molecule has 3 N–H and O–H groups in total. The van der Waals surface area contributed by atoms with Gasteiger partial charge in [-0.05, 0) is 25.1 Å². The lowest BCUT2D eigenvalue weighted by atomic mass is 9.93. The predicted octanol–water partition coefficient (Wildman–Crippen LogP) is 1.64. The highest BCUT2D eigenvalue weighted by atomic mass is 32.2. The van der Waals surface area contributed by atoms with Gasteiger partial charge in [-0.25, -0.2) is 26.5 Å². The molecule has 0 spiro atoms. The van der Waals surface area contributed by atoms with Crippen molar-refractivity contribution in [3.8, 4) is 5.75 Å². The van der Waals surface area contributed by atoms with Crippen LogP contribution in [0, 0.1) is 17.0 Å². The normalized spacial score (nSPS) is 22.3. The predicted molar refractivity (Wildman–Crippen MR) is 105 cm³/mol. The van der Waals surface area contributed by atoms with E-state index in [1.165, 1.54) is 26.1 Å². The van der Waals surface area contributed by atoms with Crippen molar-refractivity contribution in [2.45, 2.75) is 12.5 Å². The van der Waals surface area contributed by atoms with Crippen LogP contribution in [0.3, 0.4) is 0 Å². The first kappa shape index (κ1) is 17.6. The number of nitrogens with zero attached hydrogens (tertiary/aromatic N) is 2. The van der Waals surface area contributed by atoms with Crippen molar-refractivity contribution in [3.63, 3.8) is 0 Å². The summed E-state index contributed by atoms with van der Waals surface area (Å²) in [6, 6.07) is 4.02. The minimum atomic E-state index is -3.90. The van der Waals surface area contributed by atoms with Gasteiger partial charge in [0.1, 0.15) is 11.6 Å². The number of hydrogen-bond donors (Lipinski definition) is 3. The zero-order valence-electron chi connectivity index (χ0n) is 18.8. The highest BCUT2D eigenvalue weighted by Crippen LogP contribution is 2.31. The first-order chi connectivity index (χ1) is 15.1. The molecule has 160 valence electrons. The van der Waals surface area contributed by atoms with Gasteiger partial charge >= 0.3 is 0 Å². The summed E-state index contributed by atoms with van der Waals surface area (Å²) in [5.41, 5.74) is -2.33. The lowest BCUT2D eigenvalue weighted by Crippen LogP contribution is -2.61. The van der Waals surface area contributed by atoms with E-state index in [0.29, 0.717) is 6.07 Å². The number of halogens is 2. The van der Waals surface area contributed by atoms with Crippen molar-refractivity contribution in [3.05, 3.63) is 53.4 Å². The fraction of sp³-hybridized carbons (Fsp3) is 0.278. The number of nitrogens with one attached hydrogen (secondary N) is 3. The van der Waals surface area contributed by atoms with Crippen molar-refractivity contribution < 1.29 is 30.8 Å². The monoisotopic (exact) mass is 442 g/mol. The number of pyridine rings is 1. The van der Waals surface area contributed by atoms with Crippen LogP contribution >= 0.6 is 0 Å². The van der Waals surface area contributed by atoms with Gasteiger partial charge < -0.3 is 15.4 Å². The van der Waals surface area contributed by atoms with E-state index in [4.69, 9.17) is 9.52 Å². The summed E-state index contributed by atoms with van der Waals surface area (Å²) in [6.45, 7) is 1.39. The molecular formula is C18H19F2N5O4S. The smallest absolute Gasteiger partial charge is 0.277 e. The number of methoxy groups -OCH3 is 1. The van der Waals surface area contributed by atoms with E-state index in [9.17, 15) is 22.0 Å². The van der Waals surface area contributed by atoms with Crippen molar-refractivity contribution in [2.75, 3.05) is 25.2 Å². The Balaban J connectivity index is 1.87.